The van der Waals surface area contributed by atoms with Crippen molar-refractivity contribution in [3.05, 3.63) is 75.1 Å². The summed E-state index contributed by atoms with van der Waals surface area (Å²) in [5.41, 5.74) is 1.50. The van der Waals surface area contributed by atoms with Crippen molar-refractivity contribution in [3.8, 4) is 11.5 Å². The number of methoxy groups -OCH3 is 1. The van der Waals surface area contributed by atoms with Gasteiger partial charge in [0.05, 0.1) is 12.0 Å². The van der Waals surface area contributed by atoms with Gasteiger partial charge in [-0.25, -0.2) is 0 Å². The molecule has 2 aromatic carbocycles. The number of ether oxygens (including phenoxy) is 2. The maximum atomic E-state index is 12.5. The standard InChI is InChI=1S/C21H17Cl2NO3S2/c1-3-9-24-20(25)19(29-21(24)28)11-13-7-8-17(18(10-13)26-2)27-12-14-15(22)5-4-6-16(14)23/h3-8,10-11H,1,9,12H2,2H3. The minimum atomic E-state index is -0.132. The minimum absolute atomic E-state index is 0.132. The summed E-state index contributed by atoms with van der Waals surface area (Å²) in [5, 5.41) is 1.07. The lowest BCUT2D eigenvalue weighted by Crippen LogP contribution is -2.27. The third-order valence-corrected chi connectivity index (χ3v) is 6.19. The van der Waals surface area contributed by atoms with Crippen LogP contribution in [0.1, 0.15) is 11.1 Å². The van der Waals surface area contributed by atoms with Gasteiger partial charge in [0.15, 0.2) is 11.5 Å². The lowest BCUT2D eigenvalue weighted by molar-refractivity contribution is -0.121. The van der Waals surface area contributed by atoms with Gasteiger partial charge < -0.3 is 9.47 Å². The van der Waals surface area contributed by atoms with E-state index in [1.54, 1.807) is 49.6 Å². The predicted octanol–water partition coefficient (Wildman–Crippen LogP) is 5.97. The average molecular weight is 466 g/mol. The van der Waals surface area contributed by atoms with Crippen molar-refractivity contribution in [2.75, 3.05) is 13.7 Å². The Morgan fingerprint density at radius 2 is 1.93 bits per heavy atom. The van der Waals surface area contributed by atoms with Crippen LogP contribution < -0.4 is 9.47 Å². The van der Waals surface area contributed by atoms with Gasteiger partial charge in [-0.05, 0) is 35.9 Å². The van der Waals surface area contributed by atoms with Crippen molar-refractivity contribution < 1.29 is 14.3 Å². The first kappa shape index (κ1) is 21.7. The Balaban J connectivity index is 1.80. The van der Waals surface area contributed by atoms with Crippen LogP contribution in [0.5, 0.6) is 11.5 Å². The van der Waals surface area contributed by atoms with E-state index in [4.69, 9.17) is 44.9 Å². The molecule has 3 rings (SSSR count). The van der Waals surface area contributed by atoms with Crippen LogP contribution in [-0.4, -0.2) is 28.8 Å². The first-order valence-corrected chi connectivity index (χ1v) is 10.5. The highest BCUT2D eigenvalue weighted by atomic mass is 35.5. The second-order valence-corrected chi connectivity index (χ2v) is 8.47. The lowest BCUT2D eigenvalue weighted by atomic mass is 10.1. The number of rotatable bonds is 7. The summed E-state index contributed by atoms with van der Waals surface area (Å²) < 4.78 is 11.8. The van der Waals surface area contributed by atoms with E-state index in [0.717, 1.165) is 5.56 Å². The highest BCUT2D eigenvalue weighted by Crippen LogP contribution is 2.35. The molecule has 0 aliphatic carbocycles. The molecule has 0 spiro atoms. The van der Waals surface area contributed by atoms with E-state index in [1.165, 1.54) is 16.7 Å². The monoisotopic (exact) mass is 465 g/mol. The summed E-state index contributed by atoms with van der Waals surface area (Å²) in [6, 6.07) is 10.7. The van der Waals surface area contributed by atoms with Crippen molar-refractivity contribution in [2.45, 2.75) is 6.61 Å². The largest absolute Gasteiger partial charge is 0.493 e. The Morgan fingerprint density at radius 1 is 1.21 bits per heavy atom. The molecule has 0 saturated carbocycles. The third-order valence-electron chi connectivity index (χ3n) is 4.10. The van der Waals surface area contributed by atoms with Crippen LogP contribution in [0.2, 0.25) is 10.0 Å². The second-order valence-electron chi connectivity index (χ2n) is 5.98. The Bertz CT molecular complexity index is 987. The lowest BCUT2D eigenvalue weighted by Gasteiger charge is -2.13. The fourth-order valence-corrected chi connectivity index (χ4v) is 4.43. The number of hydrogen-bond donors (Lipinski definition) is 0. The summed E-state index contributed by atoms with van der Waals surface area (Å²) in [7, 11) is 1.55. The minimum Gasteiger partial charge on any atom is -0.493 e. The Labute approximate surface area is 189 Å². The maximum Gasteiger partial charge on any atom is 0.266 e. The van der Waals surface area contributed by atoms with Crippen LogP contribution in [0.3, 0.4) is 0 Å². The van der Waals surface area contributed by atoms with Crippen molar-refractivity contribution in [1.82, 2.24) is 4.90 Å². The SMILES string of the molecule is C=CCN1C(=O)C(=Cc2ccc(OCc3c(Cl)cccc3Cl)c(OC)c2)SC1=S. The molecule has 1 aliphatic rings. The molecular weight excluding hydrogens is 449 g/mol. The van der Waals surface area contributed by atoms with Gasteiger partial charge in [0.25, 0.3) is 5.91 Å². The van der Waals surface area contributed by atoms with Crippen molar-refractivity contribution in [2.24, 2.45) is 0 Å². The molecule has 0 atom stereocenters. The van der Waals surface area contributed by atoms with E-state index in [-0.39, 0.29) is 12.5 Å². The van der Waals surface area contributed by atoms with E-state index in [0.29, 0.717) is 42.9 Å². The van der Waals surface area contributed by atoms with Gasteiger partial charge in [-0.2, -0.15) is 0 Å². The fraction of sp³-hybridized carbons (Fsp3) is 0.143. The Kier molecular flexibility index (Phi) is 7.24. The highest BCUT2D eigenvalue weighted by molar-refractivity contribution is 8.26. The van der Waals surface area contributed by atoms with Crippen LogP contribution >= 0.6 is 47.2 Å². The van der Waals surface area contributed by atoms with Gasteiger partial charge in [0, 0.05) is 22.2 Å². The molecule has 4 nitrogen and oxygen atoms in total. The molecule has 8 heteroatoms. The number of benzene rings is 2. The molecule has 0 unspecified atom stereocenters. The van der Waals surface area contributed by atoms with Crippen LogP contribution in [-0.2, 0) is 11.4 Å². The first-order valence-electron chi connectivity index (χ1n) is 8.54. The molecule has 29 heavy (non-hydrogen) atoms. The van der Waals surface area contributed by atoms with Crippen molar-refractivity contribution >= 4 is 63.5 Å². The molecule has 1 heterocycles. The van der Waals surface area contributed by atoms with Gasteiger partial charge in [-0.3, -0.25) is 9.69 Å². The highest BCUT2D eigenvalue weighted by Gasteiger charge is 2.31. The van der Waals surface area contributed by atoms with E-state index in [2.05, 4.69) is 6.58 Å². The van der Waals surface area contributed by atoms with Crippen LogP contribution in [0, 0.1) is 0 Å². The quantitative estimate of drug-likeness (QED) is 0.286. The van der Waals surface area contributed by atoms with E-state index in [9.17, 15) is 4.79 Å². The smallest absolute Gasteiger partial charge is 0.266 e. The van der Waals surface area contributed by atoms with E-state index < -0.39 is 0 Å². The summed E-state index contributed by atoms with van der Waals surface area (Å²) in [4.78, 5) is 14.5. The summed E-state index contributed by atoms with van der Waals surface area (Å²) in [6.45, 7) is 4.25. The topological polar surface area (TPSA) is 38.8 Å². The fourth-order valence-electron chi connectivity index (χ4n) is 2.65. The number of carbonyl (C=O) groups is 1. The number of halogens is 2. The van der Waals surface area contributed by atoms with Crippen LogP contribution in [0.25, 0.3) is 6.08 Å². The summed E-state index contributed by atoms with van der Waals surface area (Å²) in [5.74, 6) is 0.941. The number of amides is 1. The molecule has 0 N–H and O–H groups in total. The van der Waals surface area contributed by atoms with Gasteiger partial charge in [-0.1, -0.05) is 65.4 Å². The van der Waals surface area contributed by atoms with Crippen molar-refractivity contribution in [3.63, 3.8) is 0 Å². The number of nitrogens with zero attached hydrogens (tertiary/aromatic N) is 1. The van der Waals surface area contributed by atoms with Gasteiger partial charge in [0.2, 0.25) is 0 Å². The molecule has 0 radical (unpaired) electrons. The normalized spacial score (nSPS) is 15.1. The number of thioether (sulfide) groups is 1. The van der Waals surface area contributed by atoms with Gasteiger partial charge in [-0.15, -0.1) is 6.58 Å². The predicted molar refractivity (Wildman–Crippen MR) is 124 cm³/mol. The van der Waals surface area contributed by atoms with Crippen LogP contribution in [0.4, 0.5) is 0 Å². The van der Waals surface area contributed by atoms with E-state index in [1.807, 2.05) is 6.07 Å². The zero-order valence-electron chi connectivity index (χ0n) is 15.5. The summed E-state index contributed by atoms with van der Waals surface area (Å²) in [6.07, 6.45) is 3.42. The molecular formula is C21H17Cl2NO3S2. The van der Waals surface area contributed by atoms with E-state index >= 15 is 0 Å². The molecule has 1 fully saturated rings. The van der Waals surface area contributed by atoms with Gasteiger partial charge in [0.1, 0.15) is 10.9 Å². The molecule has 150 valence electrons. The van der Waals surface area contributed by atoms with Crippen LogP contribution in [0.15, 0.2) is 54.0 Å². The molecule has 0 bridgehead atoms. The molecule has 2 aromatic rings. The third kappa shape index (κ3) is 4.95. The number of carbonyl (C=O) groups excluding carboxylic acids is 1. The molecule has 1 amide bonds. The zero-order chi connectivity index (χ0) is 21.0. The Hall–Kier alpha value is -1.99. The first-order chi connectivity index (χ1) is 13.9. The molecule has 1 saturated heterocycles. The number of hydrogen-bond acceptors (Lipinski definition) is 5. The second kappa shape index (κ2) is 9.67. The summed E-state index contributed by atoms with van der Waals surface area (Å²) >= 11 is 18.9. The molecule has 1 aliphatic heterocycles. The molecule has 0 aromatic heterocycles. The zero-order valence-corrected chi connectivity index (χ0v) is 18.6. The number of thiocarbonyl (C=S) groups is 1. The maximum absolute atomic E-state index is 12.5. The average Bonchev–Trinajstić information content (AvgIpc) is 2.96. The van der Waals surface area contributed by atoms with Crippen molar-refractivity contribution in [1.29, 1.82) is 0 Å². The Morgan fingerprint density at radius 3 is 2.59 bits per heavy atom. The van der Waals surface area contributed by atoms with Gasteiger partial charge >= 0.3 is 0 Å².